The van der Waals surface area contributed by atoms with Gasteiger partial charge in [-0.25, -0.2) is 9.97 Å². The number of aromatic nitrogens is 2. The van der Waals surface area contributed by atoms with Gasteiger partial charge in [0, 0.05) is 16.1 Å². The van der Waals surface area contributed by atoms with Crippen LogP contribution in [-0.4, -0.2) is 26.3 Å². The van der Waals surface area contributed by atoms with Crippen molar-refractivity contribution < 1.29 is 9.72 Å². The number of nitro groups is 1. The molecule has 0 radical (unpaired) electrons. The lowest BCUT2D eigenvalue weighted by Crippen LogP contribution is -2.55. The van der Waals surface area contributed by atoms with Gasteiger partial charge >= 0.3 is 5.69 Å². The number of hydrogen-bond acceptors (Lipinski definition) is 7. The van der Waals surface area contributed by atoms with Gasteiger partial charge in [-0.2, -0.15) is 0 Å². The molecule has 1 aromatic carbocycles. The standard InChI is InChI=1S/C21H23ClN6O3/c22-16-3-1-2-15(7-16)20(29)27-26-19-17(28(30)31)18(23-11-24-19)25-21-8-12-4-13(9-21)6-14(5-12)10-21/h1-3,7,11-14H,4-6,8-10H2,(H,27,29)(H2,23,24,25,26). The first kappa shape index (κ1) is 20.0. The SMILES string of the molecule is O=C(NNc1ncnc(NC23CC4CC(CC(C4)C2)C3)c1[N+](=O)[O-])c1cccc(Cl)c1. The van der Waals surface area contributed by atoms with Crippen LogP contribution >= 0.6 is 11.6 Å². The molecule has 4 aliphatic rings. The highest BCUT2D eigenvalue weighted by Crippen LogP contribution is 2.56. The van der Waals surface area contributed by atoms with Crippen molar-refractivity contribution in [1.29, 1.82) is 0 Å². The van der Waals surface area contributed by atoms with E-state index in [1.807, 2.05) is 0 Å². The van der Waals surface area contributed by atoms with Gasteiger partial charge in [0.2, 0.25) is 11.6 Å². The molecular formula is C21H23ClN6O3. The summed E-state index contributed by atoms with van der Waals surface area (Å²) in [5, 5.41) is 15.8. The van der Waals surface area contributed by atoms with Gasteiger partial charge in [0.15, 0.2) is 0 Å². The molecule has 2 aromatic rings. The second-order valence-corrected chi connectivity index (χ2v) is 9.53. The van der Waals surface area contributed by atoms with Crippen LogP contribution in [0.15, 0.2) is 30.6 Å². The molecule has 1 amide bonds. The molecule has 1 aromatic heterocycles. The van der Waals surface area contributed by atoms with Crippen LogP contribution in [0.25, 0.3) is 0 Å². The van der Waals surface area contributed by atoms with Crippen LogP contribution in [0.1, 0.15) is 48.9 Å². The number of benzene rings is 1. The number of carbonyl (C=O) groups is 1. The molecule has 3 N–H and O–H groups in total. The van der Waals surface area contributed by atoms with Gasteiger partial charge in [0.1, 0.15) is 6.33 Å². The lowest BCUT2D eigenvalue weighted by Gasteiger charge is -2.57. The van der Waals surface area contributed by atoms with E-state index in [2.05, 4.69) is 26.1 Å². The third kappa shape index (κ3) is 3.89. The Labute approximate surface area is 184 Å². The monoisotopic (exact) mass is 442 g/mol. The van der Waals surface area contributed by atoms with Crippen molar-refractivity contribution in [2.75, 3.05) is 10.7 Å². The van der Waals surface area contributed by atoms with Gasteiger partial charge in [0.25, 0.3) is 5.91 Å². The number of hydrogen-bond donors (Lipinski definition) is 3. The molecule has 6 rings (SSSR count). The molecule has 4 bridgehead atoms. The number of anilines is 2. The minimum Gasteiger partial charge on any atom is -0.359 e. The maximum absolute atomic E-state index is 12.4. The van der Waals surface area contributed by atoms with E-state index in [-0.39, 0.29) is 22.9 Å². The second kappa shape index (κ2) is 7.64. The van der Waals surface area contributed by atoms with E-state index in [0.717, 1.165) is 19.3 Å². The van der Waals surface area contributed by atoms with E-state index in [9.17, 15) is 14.9 Å². The lowest BCUT2D eigenvalue weighted by molar-refractivity contribution is -0.383. The average molecular weight is 443 g/mol. The highest BCUT2D eigenvalue weighted by atomic mass is 35.5. The molecule has 10 heteroatoms. The van der Waals surface area contributed by atoms with Gasteiger partial charge < -0.3 is 5.32 Å². The van der Waals surface area contributed by atoms with Crippen molar-refractivity contribution >= 4 is 34.8 Å². The Morgan fingerprint density at radius 3 is 2.35 bits per heavy atom. The summed E-state index contributed by atoms with van der Waals surface area (Å²) in [4.78, 5) is 32.0. The largest absolute Gasteiger partial charge is 0.359 e. The number of nitrogens with zero attached hydrogens (tertiary/aromatic N) is 3. The Balaban J connectivity index is 1.37. The van der Waals surface area contributed by atoms with Crippen molar-refractivity contribution in [2.45, 2.75) is 44.1 Å². The minimum atomic E-state index is -0.517. The maximum atomic E-state index is 12.4. The van der Waals surface area contributed by atoms with E-state index in [1.54, 1.807) is 18.2 Å². The van der Waals surface area contributed by atoms with E-state index >= 15 is 0 Å². The Morgan fingerprint density at radius 2 is 1.74 bits per heavy atom. The van der Waals surface area contributed by atoms with Crippen LogP contribution in [0.4, 0.5) is 17.3 Å². The fraction of sp³-hybridized carbons (Fsp3) is 0.476. The third-order valence-electron chi connectivity index (χ3n) is 6.81. The summed E-state index contributed by atoms with van der Waals surface area (Å²) < 4.78 is 0. The summed E-state index contributed by atoms with van der Waals surface area (Å²) in [7, 11) is 0. The molecular weight excluding hydrogens is 420 g/mol. The quantitative estimate of drug-likeness (QED) is 0.453. The Hall–Kier alpha value is -2.94. The van der Waals surface area contributed by atoms with Crippen LogP contribution in [0.5, 0.6) is 0 Å². The van der Waals surface area contributed by atoms with Crippen LogP contribution in [0.3, 0.4) is 0 Å². The summed E-state index contributed by atoms with van der Waals surface area (Å²) in [6, 6.07) is 6.41. The number of rotatable bonds is 6. The molecule has 9 nitrogen and oxygen atoms in total. The number of halogens is 1. The van der Waals surface area contributed by atoms with E-state index < -0.39 is 10.8 Å². The van der Waals surface area contributed by atoms with E-state index in [1.165, 1.54) is 31.7 Å². The fourth-order valence-corrected chi connectivity index (χ4v) is 6.26. The number of hydrazine groups is 1. The number of carbonyl (C=O) groups excluding carboxylic acids is 1. The van der Waals surface area contributed by atoms with Crippen molar-refractivity contribution in [2.24, 2.45) is 17.8 Å². The molecule has 0 aliphatic heterocycles. The highest BCUT2D eigenvalue weighted by molar-refractivity contribution is 6.30. The van der Waals surface area contributed by atoms with Crippen molar-refractivity contribution in [1.82, 2.24) is 15.4 Å². The molecule has 162 valence electrons. The molecule has 0 unspecified atom stereocenters. The van der Waals surface area contributed by atoms with Crippen molar-refractivity contribution in [3.05, 3.63) is 51.3 Å². The summed E-state index contributed by atoms with van der Waals surface area (Å²) >= 11 is 5.92. The minimum absolute atomic E-state index is 0.0670. The van der Waals surface area contributed by atoms with Crippen LogP contribution in [-0.2, 0) is 0 Å². The fourth-order valence-electron chi connectivity index (χ4n) is 6.07. The highest BCUT2D eigenvalue weighted by Gasteiger charge is 2.51. The van der Waals surface area contributed by atoms with Gasteiger partial charge in [-0.05, 0) is 74.5 Å². The van der Waals surface area contributed by atoms with Gasteiger partial charge in [0.05, 0.1) is 4.92 Å². The molecule has 4 fully saturated rings. The van der Waals surface area contributed by atoms with Crippen LogP contribution in [0.2, 0.25) is 5.02 Å². The lowest BCUT2D eigenvalue weighted by atomic mass is 9.53. The molecule has 1 heterocycles. The molecule has 4 aliphatic carbocycles. The summed E-state index contributed by atoms with van der Waals surface area (Å²) in [6.07, 6.45) is 8.15. The predicted molar refractivity (Wildman–Crippen MR) is 116 cm³/mol. The first-order valence-electron chi connectivity index (χ1n) is 10.5. The topological polar surface area (TPSA) is 122 Å². The predicted octanol–water partition coefficient (Wildman–Crippen LogP) is 4.18. The van der Waals surface area contributed by atoms with Crippen molar-refractivity contribution in [3.63, 3.8) is 0 Å². The molecule has 31 heavy (non-hydrogen) atoms. The zero-order valence-corrected chi connectivity index (χ0v) is 17.6. The number of amides is 1. The first-order valence-corrected chi connectivity index (χ1v) is 10.9. The summed E-state index contributed by atoms with van der Waals surface area (Å²) in [6.45, 7) is 0. The van der Waals surface area contributed by atoms with Crippen LogP contribution < -0.4 is 16.2 Å². The van der Waals surface area contributed by atoms with Gasteiger partial charge in [-0.3, -0.25) is 25.8 Å². The zero-order chi connectivity index (χ0) is 21.6. The first-order chi connectivity index (χ1) is 14.9. The van der Waals surface area contributed by atoms with Gasteiger partial charge in [-0.15, -0.1) is 0 Å². The normalized spacial score (nSPS) is 28.2. The maximum Gasteiger partial charge on any atom is 0.354 e. The second-order valence-electron chi connectivity index (χ2n) is 9.09. The van der Waals surface area contributed by atoms with E-state index in [0.29, 0.717) is 28.3 Å². The van der Waals surface area contributed by atoms with Crippen LogP contribution in [0, 0.1) is 27.9 Å². The Bertz CT molecular complexity index is 1010. The van der Waals surface area contributed by atoms with Gasteiger partial charge in [-0.1, -0.05) is 17.7 Å². The number of nitrogens with one attached hydrogen (secondary N) is 3. The summed E-state index contributed by atoms with van der Waals surface area (Å²) in [5.41, 5.74) is 4.95. The Kier molecular flexibility index (Phi) is 4.92. The molecule has 4 saturated carbocycles. The third-order valence-corrected chi connectivity index (χ3v) is 7.04. The van der Waals surface area contributed by atoms with E-state index in [4.69, 9.17) is 11.6 Å². The smallest absolute Gasteiger partial charge is 0.354 e. The molecule has 0 saturated heterocycles. The summed E-state index contributed by atoms with van der Waals surface area (Å²) in [5.74, 6) is 1.72. The molecule has 0 atom stereocenters. The Morgan fingerprint density at radius 1 is 1.10 bits per heavy atom. The van der Waals surface area contributed by atoms with Crippen molar-refractivity contribution in [3.8, 4) is 0 Å². The molecule has 0 spiro atoms. The average Bonchev–Trinajstić information content (AvgIpc) is 2.70. The zero-order valence-electron chi connectivity index (χ0n) is 16.8.